The van der Waals surface area contributed by atoms with Crippen molar-refractivity contribution in [1.29, 1.82) is 0 Å². The summed E-state index contributed by atoms with van der Waals surface area (Å²) in [5.74, 6) is -5.47. The highest BCUT2D eigenvalue weighted by Gasteiger charge is 2.58. The average Bonchev–Trinajstić information content (AvgIpc) is 2.71. The van der Waals surface area contributed by atoms with Crippen LogP contribution in [0.5, 0.6) is 11.6 Å². The number of aliphatic hydroxyl groups is 1. The highest BCUT2D eigenvalue weighted by atomic mass is 19.3. The molecule has 0 radical (unpaired) electrons. The maximum absolute atomic E-state index is 14.2. The van der Waals surface area contributed by atoms with Crippen molar-refractivity contribution in [2.45, 2.75) is 25.1 Å². The highest BCUT2D eigenvalue weighted by molar-refractivity contribution is 5.53. The smallest absolute Gasteiger partial charge is 0.312 e. The summed E-state index contributed by atoms with van der Waals surface area (Å²) in [7, 11) is 0. The van der Waals surface area contributed by atoms with E-state index in [-0.39, 0.29) is 22.6 Å². The molecule has 0 fully saturated rings. The molecular formula is C16H10F4N2O2. The fraction of sp³-hybridized carbons (Fsp3) is 0.250. The molecule has 1 aliphatic rings. The van der Waals surface area contributed by atoms with Gasteiger partial charge in [0.25, 0.3) is 0 Å². The van der Waals surface area contributed by atoms with Crippen molar-refractivity contribution in [2.24, 2.45) is 0 Å². The lowest BCUT2D eigenvalue weighted by atomic mass is 10.1. The van der Waals surface area contributed by atoms with Gasteiger partial charge in [0.2, 0.25) is 5.88 Å². The first-order valence-corrected chi connectivity index (χ1v) is 6.81. The Morgan fingerprint density at radius 1 is 1.29 bits per heavy atom. The van der Waals surface area contributed by atoms with Crippen LogP contribution in [-0.2, 0) is 0 Å². The summed E-state index contributed by atoms with van der Waals surface area (Å²) in [5, 5.41) is 9.70. The van der Waals surface area contributed by atoms with Crippen molar-refractivity contribution in [3.63, 3.8) is 0 Å². The second kappa shape index (κ2) is 5.46. The van der Waals surface area contributed by atoms with E-state index >= 15 is 0 Å². The Bertz CT molecular complexity index is 864. The van der Waals surface area contributed by atoms with Gasteiger partial charge in [-0.1, -0.05) is 0 Å². The van der Waals surface area contributed by atoms with Gasteiger partial charge in [0.15, 0.2) is 11.9 Å². The lowest BCUT2D eigenvalue weighted by Gasteiger charge is -2.16. The SMILES string of the molecule is [C-]#[N+]c1cc(F)cc(Oc2ncc(C)c3c2[C@@H](F)C(F)(F)[C@H]3O)c1. The number of aromatic nitrogens is 1. The molecule has 0 bridgehead atoms. The molecule has 0 spiro atoms. The summed E-state index contributed by atoms with van der Waals surface area (Å²) < 4.78 is 60.4. The molecule has 4 nitrogen and oxygen atoms in total. The molecule has 1 aliphatic carbocycles. The molecule has 0 saturated carbocycles. The second-order valence-corrected chi connectivity index (χ2v) is 5.37. The molecule has 0 amide bonds. The summed E-state index contributed by atoms with van der Waals surface area (Å²) in [4.78, 5) is 6.82. The van der Waals surface area contributed by atoms with Crippen molar-refractivity contribution in [2.75, 3.05) is 0 Å². The number of halogens is 4. The third-order valence-corrected chi connectivity index (χ3v) is 3.75. The van der Waals surface area contributed by atoms with Gasteiger partial charge in [-0.2, -0.15) is 8.78 Å². The Morgan fingerprint density at radius 2 is 2.00 bits per heavy atom. The van der Waals surface area contributed by atoms with Crippen LogP contribution in [0.25, 0.3) is 4.85 Å². The fourth-order valence-electron chi connectivity index (χ4n) is 2.62. The molecule has 1 aromatic carbocycles. The van der Waals surface area contributed by atoms with E-state index in [0.29, 0.717) is 0 Å². The van der Waals surface area contributed by atoms with Gasteiger partial charge in [0.05, 0.1) is 12.1 Å². The van der Waals surface area contributed by atoms with Gasteiger partial charge < -0.3 is 9.84 Å². The average molecular weight is 338 g/mol. The Hall–Kier alpha value is -2.66. The number of hydrogen-bond acceptors (Lipinski definition) is 3. The summed E-state index contributed by atoms with van der Waals surface area (Å²) in [5.41, 5.74) is -0.748. The van der Waals surface area contributed by atoms with E-state index in [4.69, 9.17) is 11.3 Å². The van der Waals surface area contributed by atoms with Crippen LogP contribution in [0.4, 0.5) is 23.2 Å². The number of nitrogens with zero attached hydrogens (tertiary/aromatic N) is 2. The fourth-order valence-corrected chi connectivity index (χ4v) is 2.62. The van der Waals surface area contributed by atoms with Gasteiger partial charge in [0.1, 0.15) is 17.7 Å². The number of hydrogen-bond donors (Lipinski definition) is 1. The number of rotatable bonds is 2. The van der Waals surface area contributed by atoms with Gasteiger partial charge in [-0.15, -0.1) is 0 Å². The van der Waals surface area contributed by atoms with Crippen LogP contribution in [-0.4, -0.2) is 16.0 Å². The molecule has 24 heavy (non-hydrogen) atoms. The van der Waals surface area contributed by atoms with Gasteiger partial charge in [-0.05, 0) is 24.6 Å². The highest BCUT2D eigenvalue weighted by Crippen LogP contribution is 2.56. The number of benzene rings is 1. The van der Waals surface area contributed by atoms with Crippen molar-refractivity contribution >= 4 is 5.69 Å². The third kappa shape index (κ3) is 2.37. The monoisotopic (exact) mass is 338 g/mol. The lowest BCUT2D eigenvalue weighted by molar-refractivity contribution is -0.143. The van der Waals surface area contributed by atoms with Crippen LogP contribution < -0.4 is 4.74 Å². The van der Waals surface area contributed by atoms with Crippen molar-refractivity contribution in [3.8, 4) is 11.6 Å². The molecule has 8 heteroatoms. The zero-order chi connectivity index (χ0) is 17.6. The number of fused-ring (bicyclic) bond motifs is 1. The van der Waals surface area contributed by atoms with Crippen LogP contribution >= 0.6 is 0 Å². The molecule has 3 rings (SSSR count). The molecule has 2 atom stereocenters. The minimum Gasteiger partial charge on any atom is -0.440 e. The summed E-state index contributed by atoms with van der Waals surface area (Å²) >= 11 is 0. The number of alkyl halides is 3. The van der Waals surface area contributed by atoms with Crippen molar-refractivity contribution in [1.82, 2.24) is 4.98 Å². The Balaban J connectivity index is 2.10. The van der Waals surface area contributed by atoms with Crippen molar-refractivity contribution in [3.05, 3.63) is 58.3 Å². The van der Waals surface area contributed by atoms with E-state index in [1.807, 2.05) is 0 Å². The molecule has 124 valence electrons. The zero-order valence-electron chi connectivity index (χ0n) is 12.2. The third-order valence-electron chi connectivity index (χ3n) is 3.75. The molecule has 1 aromatic heterocycles. The van der Waals surface area contributed by atoms with E-state index in [0.717, 1.165) is 18.3 Å². The molecule has 0 saturated heterocycles. The van der Waals surface area contributed by atoms with Gasteiger partial charge in [-0.3, -0.25) is 0 Å². The summed E-state index contributed by atoms with van der Waals surface area (Å²) in [6.07, 6.45) is -3.97. The molecule has 1 N–H and O–H groups in total. The largest absolute Gasteiger partial charge is 0.440 e. The minimum absolute atomic E-state index is 0.0732. The zero-order valence-corrected chi connectivity index (χ0v) is 12.2. The quantitative estimate of drug-likeness (QED) is 0.645. The maximum atomic E-state index is 14.2. The van der Waals surface area contributed by atoms with Crippen molar-refractivity contribution < 1.29 is 27.4 Å². The Morgan fingerprint density at radius 3 is 2.67 bits per heavy atom. The Labute approximate surface area is 134 Å². The summed E-state index contributed by atoms with van der Waals surface area (Å²) in [6.45, 7) is 8.28. The van der Waals surface area contributed by atoms with Crippen LogP contribution in [0.3, 0.4) is 0 Å². The van der Waals surface area contributed by atoms with E-state index < -0.39 is 35.5 Å². The van der Waals surface area contributed by atoms with E-state index in [1.165, 1.54) is 13.0 Å². The normalized spacial score (nSPS) is 21.2. The standard InChI is InChI=1S/C16H10F4N2O2/c1-7-6-22-15(12-11(7)14(23)16(19,20)13(12)18)24-10-4-8(17)3-9(5-10)21-2/h3-6,13-14,23H,1H3/t13-,14+/m1/s1. The topological polar surface area (TPSA) is 46.7 Å². The number of aryl methyl sites for hydroxylation is 1. The Kier molecular flexibility index (Phi) is 3.68. The van der Waals surface area contributed by atoms with E-state index in [2.05, 4.69) is 9.83 Å². The van der Waals surface area contributed by atoms with Crippen LogP contribution in [0.15, 0.2) is 24.4 Å². The minimum atomic E-state index is -4.02. The van der Waals surface area contributed by atoms with Gasteiger partial charge in [-0.25, -0.2) is 18.6 Å². The van der Waals surface area contributed by atoms with Gasteiger partial charge in [0, 0.05) is 17.8 Å². The number of ether oxygens (including phenoxy) is 1. The summed E-state index contributed by atoms with van der Waals surface area (Å²) in [6, 6.07) is 3.04. The van der Waals surface area contributed by atoms with Gasteiger partial charge >= 0.3 is 5.92 Å². The number of pyridine rings is 1. The number of aliphatic hydroxyl groups excluding tert-OH is 1. The first-order valence-electron chi connectivity index (χ1n) is 6.81. The molecule has 2 aromatic rings. The molecule has 0 aliphatic heterocycles. The predicted octanol–water partition coefficient (Wildman–Crippen LogP) is 4.57. The molecular weight excluding hydrogens is 328 g/mol. The molecule has 0 unspecified atom stereocenters. The van der Waals surface area contributed by atoms with Crippen LogP contribution in [0.1, 0.15) is 29.0 Å². The first-order chi connectivity index (χ1) is 11.3. The predicted molar refractivity (Wildman–Crippen MR) is 75.5 cm³/mol. The molecule has 1 heterocycles. The van der Waals surface area contributed by atoms with E-state index in [1.54, 1.807) is 0 Å². The van der Waals surface area contributed by atoms with E-state index in [9.17, 15) is 22.7 Å². The maximum Gasteiger partial charge on any atom is 0.312 e. The second-order valence-electron chi connectivity index (χ2n) is 5.37. The lowest BCUT2D eigenvalue weighted by Crippen LogP contribution is -2.24. The first kappa shape index (κ1) is 16.2. The van der Waals surface area contributed by atoms with Crippen LogP contribution in [0.2, 0.25) is 0 Å². The van der Waals surface area contributed by atoms with Crippen LogP contribution in [0, 0.1) is 19.3 Å².